The fourth-order valence-corrected chi connectivity index (χ4v) is 2.38. The highest BCUT2D eigenvalue weighted by Crippen LogP contribution is 2.26. The summed E-state index contributed by atoms with van der Waals surface area (Å²) in [7, 11) is 0. The predicted octanol–water partition coefficient (Wildman–Crippen LogP) is 3.63. The van der Waals surface area contributed by atoms with E-state index in [2.05, 4.69) is 22.0 Å². The highest BCUT2D eigenvalue weighted by atomic mass is 35.5. The molecule has 19 heavy (non-hydrogen) atoms. The molecule has 5 heteroatoms. The fourth-order valence-electron chi connectivity index (χ4n) is 2.25. The van der Waals surface area contributed by atoms with Gasteiger partial charge in [-0.3, -0.25) is 0 Å². The van der Waals surface area contributed by atoms with E-state index in [-0.39, 0.29) is 0 Å². The van der Waals surface area contributed by atoms with Gasteiger partial charge in [0.1, 0.15) is 0 Å². The van der Waals surface area contributed by atoms with Crippen LogP contribution in [-0.2, 0) is 0 Å². The standard InChI is InChI=1S/C14H16ClN3O/c1-10-6-8-18(9-7-10)14-17-16-13(19-14)11-2-4-12(15)5-3-11/h2-5,10H,6-9H2,1H3. The van der Waals surface area contributed by atoms with Gasteiger partial charge >= 0.3 is 6.01 Å². The SMILES string of the molecule is CC1CCN(c2nnc(-c3ccc(Cl)cc3)o2)CC1. The summed E-state index contributed by atoms with van der Waals surface area (Å²) in [6, 6.07) is 8.04. The van der Waals surface area contributed by atoms with Crippen molar-refractivity contribution in [2.24, 2.45) is 5.92 Å². The first kappa shape index (κ1) is 12.5. The molecule has 1 aliphatic rings. The van der Waals surface area contributed by atoms with E-state index in [4.69, 9.17) is 16.0 Å². The Hall–Kier alpha value is -1.55. The summed E-state index contributed by atoms with van der Waals surface area (Å²) in [6.45, 7) is 4.26. The number of hydrogen-bond donors (Lipinski definition) is 0. The van der Waals surface area contributed by atoms with Gasteiger partial charge in [-0.05, 0) is 43.0 Å². The molecule has 0 amide bonds. The zero-order valence-corrected chi connectivity index (χ0v) is 11.6. The lowest BCUT2D eigenvalue weighted by atomic mass is 10.00. The van der Waals surface area contributed by atoms with Gasteiger partial charge in [-0.1, -0.05) is 23.6 Å². The van der Waals surface area contributed by atoms with Crippen LogP contribution in [0.2, 0.25) is 5.02 Å². The Labute approximate surface area is 117 Å². The number of hydrogen-bond acceptors (Lipinski definition) is 4. The van der Waals surface area contributed by atoms with Crippen LogP contribution in [0.3, 0.4) is 0 Å². The number of halogens is 1. The van der Waals surface area contributed by atoms with Gasteiger partial charge in [-0.15, -0.1) is 5.10 Å². The van der Waals surface area contributed by atoms with E-state index in [0.717, 1.165) is 24.6 Å². The molecule has 0 saturated carbocycles. The summed E-state index contributed by atoms with van der Waals surface area (Å²) < 4.78 is 5.74. The van der Waals surface area contributed by atoms with Crippen LogP contribution < -0.4 is 4.90 Å². The smallest absolute Gasteiger partial charge is 0.318 e. The van der Waals surface area contributed by atoms with Gasteiger partial charge in [0.05, 0.1) is 0 Å². The normalized spacial score (nSPS) is 16.8. The number of benzene rings is 1. The molecule has 0 aliphatic carbocycles. The summed E-state index contributed by atoms with van der Waals surface area (Å²) in [6.07, 6.45) is 2.36. The lowest BCUT2D eigenvalue weighted by molar-refractivity contribution is 0.414. The van der Waals surface area contributed by atoms with Crippen molar-refractivity contribution in [2.45, 2.75) is 19.8 Å². The molecule has 1 aromatic carbocycles. The van der Waals surface area contributed by atoms with Crippen LogP contribution in [0.1, 0.15) is 19.8 Å². The molecule has 1 fully saturated rings. The van der Waals surface area contributed by atoms with E-state index < -0.39 is 0 Å². The highest BCUT2D eigenvalue weighted by molar-refractivity contribution is 6.30. The Morgan fingerprint density at radius 1 is 1.16 bits per heavy atom. The summed E-state index contributed by atoms with van der Waals surface area (Å²) in [4.78, 5) is 2.16. The fraction of sp³-hybridized carbons (Fsp3) is 0.429. The molecule has 4 nitrogen and oxygen atoms in total. The number of nitrogens with zero attached hydrogens (tertiary/aromatic N) is 3. The Bertz CT molecular complexity index is 544. The van der Waals surface area contributed by atoms with Crippen molar-refractivity contribution >= 4 is 17.6 Å². The van der Waals surface area contributed by atoms with E-state index >= 15 is 0 Å². The van der Waals surface area contributed by atoms with Crippen molar-refractivity contribution < 1.29 is 4.42 Å². The first-order chi connectivity index (χ1) is 9.22. The molecule has 100 valence electrons. The molecule has 0 radical (unpaired) electrons. The highest BCUT2D eigenvalue weighted by Gasteiger charge is 2.20. The van der Waals surface area contributed by atoms with Crippen LogP contribution in [0.5, 0.6) is 0 Å². The average Bonchev–Trinajstić information content (AvgIpc) is 2.90. The third kappa shape index (κ3) is 2.73. The minimum absolute atomic E-state index is 0.547. The summed E-state index contributed by atoms with van der Waals surface area (Å²) in [5.74, 6) is 1.33. The molecule has 3 rings (SSSR count). The Morgan fingerprint density at radius 3 is 2.53 bits per heavy atom. The largest absolute Gasteiger partial charge is 0.403 e. The van der Waals surface area contributed by atoms with Gasteiger partial charge < -0.3 is 9.32 Å². The van der Waals surface area contributed by atoms with Gasteiger partial charge in [-0.25, -0.2) is 0 Å². The Balaban J connectivity index is 1.77. The first-order valence-corrected chi connectivity index (χ1v) is 6.94. The second-order valence-corrected chi connectivity index (χ2v) is 5.50. The quantitative estimate of drug-likeness (QED) is 0.841. The molecule has 1 aromatic heterocycles. The maximum absolute atomic E-state index is 5.86. The molecule has 0 spiro atoms. The molecular formula is C14H16ClN3O. The summed E-state index contributed by atoms with van der Waals surface area (Å²) >= 11 is 5.86. The number of piperidine rings is 1. The monoisotopic (exact) mass is 277 g/mol. The van der Waals surface area contributed by atoms with E-state index in [1.54, 1.807) is 0 Å². The maximum Gasteiger partial charge on any atom is 0.318 e. The molecule has 0 bridgehead atoms. The number of aromatic nitrogens is 2. The van der Waals surface area contributed by atoms with E-state index in [9.17, 15) is 0 Å². The van der Waals surface area contributed by atoms with Gasteiger partial charge in [0.2, 0.25) is 5.89 Å². The third-order valence-corrected chi connectivity index (χ3v) is 3.81. The summed E-state index contributed by atoms with van der Waals surface area (Å²) in [5.41, 5.74) is 0.897. The first-order valence-electron chi connectivity index (χ1n) is 6.57. The molecule has 0 N–H and O–H groups in total. The van der Waals surface area contributed by atoms with Gasteiger partial charge in [0, 0.05) is 23.7 Å². The molecule has 0 unspecified atom stereocenters. The second kappa shape index (κ2) is 5.21. The Kier molecular flexibility index (Phi) is 3.42. The van der Waals surface area contributed by atoms with Crippen LogP contribution >= 0.6 is 11.6 Å². The van der Waals surface area contributed by atoms with Crippen molar-refractivity contribution in [2.75, 3.05) is 18.0 Å². The Morgan fingerprint density at radius 2 is 1.84 bits per heavy atom. The van der Waals surface area contributed by atoms with Crippen LogP contribution in [0, 0.1) is 5.92 Å². The minimum atomic E-state index is 0.547. The third-order valence-electron chi connectivity index (χ3n) is 3.56. The average molecular weight is 278 g/mol. The van der Waals surface area contributed by atoms with E-state index in [1.165, 1.54) is 12.8 Å². The van der Waals surface area contributed by atoms with Crippen molar-refractivity contribution in [3.63, 3.8) is 0 Å². The molecule has 2 aromatic rings. The van der Waals surface area contributed by atoms with Gasteiger partial charge in [-0.2, -0.15) is 0 Å². The number of rotatable bonds is 2. The predicted molar refractivity (Wildman–Crippen MR) is 75.4 cm³/mol. The molecule has 0 atom stereocenters. The maximum atomic E-state index is 5.86. The van der Waals surface area contributed by atoms with Crippen LogP contribution in [0.4, 0.5) is 6.01 Å². The van der Waals surface area contributed by atoms with Crippen LogP contribution in [-0.4, -0.2) is 23.3 Å². The summed E-state index contributed by atoms with van der Waals surface area (Å²) in [5, 5.41) is 8.95. The molecular weight excluding hydrogens is 262 g/mol. The van der Waals surface area contributed by atoms with Gasteiger partial charge in [0.15, 0.2) is 0 Å². The van der Waals surface area contributed by atoms with E-state index in [0.29, 0.717) is 16.9 Å². The van der Waals surface area contributed by atoms with Crippen molar-refractivity contribution in [1.82, 2.24) is 10.2 Å². The lowest BCUT2D eigenvalue weighted by Gasteiger charge is -2.28. The van der Waals surface area contributed by atoms with Crippen LogP contribution in [0.15, 0.2) is 28.7 Å². The second-order valence-electron chi connectivity index (χ2n) is 5.07. The zero-order chi connectivity index (χ0) is 13.2. The number of anilines is 1. The lowest BCUT2D eigenvalue weighted by Crippen LogP contribution is -2.32. The van der Waals surface area contributed by atoms with Gasteiger partial charge in [0.25, 0.3) is 0 Å². The van der Waals surface area contributed by atoms with Crippen molar-refractivity contribution in [1.29, 1.82) is 0 Å². The van der Waals surface area contributed by atoms with E-state index in [1.807, 2.05) is 24.3 Å². The molecule has 1 aliphatic heterocycles. The van der Waals surface area contributed by atoms with Crippen molar-refractivity contribution in [3.05, 3.63) is 29.3 Å². The minimum Gasteiger partial charge on any atom is -0.403 e. The molecule has 2 heterocycles. The topological polar surface area (TPSA) is 42.2 Å². The molecule has 1 saturated heterocycles. The zero-order valence-electron chi connectivity index (χ0n) is 10.8. The van der Waals surface area contributed by atoms with Crippen LogP contribution in [0.25, 0.3) is 11.5 Å². The van der Waals surface area contributed by atoms with Crippen molar-refractivity contribution in [3.8, 4) is 11.5 Å².